The Kier molecular flexibility index (Phi) is 7.56. The minimum absolute atomic E-state index is 0.0593. The summed E-state index contributed by atoms with van der Waals surface area (Å²) in [4.78, 5) is 37.0. The van der Waals surface area contributed by atoms with Gasteiger partial charge in [0, 0.05) is 22.5 Å². The van der Waals surface area contributed by atoms with Crippen molar-refractivity contribution in [1.82, 2.24) is 10.2 Å². The molecule has 0 fully saturated rings. The van der Waals surface area contributed by atoms with Crippen molar-refractivity contribution < 1.29 is 19.2 Å². The molecule has 0 atom stereocenters. The van der Waals surface area contributed by atoms with E-state index in [9.17, 15) is 19.7 Å². The molecular weight excluding hydrogens is 394 g/mol. The zero-order valence-corrected chi connectivity index (χ0v) is 16.1. The van der Waals surface area contributed by atoms with Gasteiger partial charge in [0.25, 0.3) is 5.91 Å². The summed E-state index contributed by atoms with van der Waals surface area (Å²) >= 11 is 7.27. The topological polar surface area (TPSA) is 102 Å². The summed E-state index contributed by atoms with van der Waals surface area (Å²) in [5.41, 5.74) is -0.327. The Morgan fingerprint density at radius 1 is 1.37 bits per heavy atom. The van der Waals surface area contributed by atoms with E-state index in [-0.39, 0.29) is 28.9 Å². The summed E-state index contributed by atoms with van der Waals surface area (Å²) in [7, 11) is 0. The van der Waals surface area contributed by atoms with Crippen LogP contribution in [0.1, 0.15) is 11.8 Å². The lowest BCUT2D eigenvalue weighted by atomic mass is 10.3. The van der Waals surface area contributed by atoms with Gasteiger partial charge in [-0.1, -0.05) is 17.7 Å². The maximum atomic E-state index is 12.3. The molecule has 27 heavy (non-hydrogen) atoms. The van der Waals surface area contributed by atoms with E-state index in [1.165, 1.54) is 28.4 Å². The number of likely N-dealkylation sites (N-methyl/N-ethyl adjacent to an activating group) is 1. The molecule has 144 valence electrons. The van der Waals surface area contributed by atoms with E-state index in [4.69, 9.17) is 16.3 Å². The quantitative estimate of drug-likeness (QED) is 0.505. The first kappa shape index (κ1) is 20.7. The maximum Gasteiger partial charge on any atom is 0.312 e. The molecule has 10 heteroatoms. The number of nitrogens with one attached hydrogen (secondary N) is 1. The number of thiophene rings is 1. The number of nitrogens with zero attached hydrogens (tertiary/aromatic N) is 2. The van der Waals surface area contributed by atoms with Crippen LogP contribution >= 0.6 is 22.9 Å². The Morgan fingerprint density at radius 2 is 2.15 bits per heavy atom. The van der Waals surface area contributed by atoms with Crippen LogP contribution in [0, 0.1) is 10.1 Å². The zero-order valence-electron chi connectivity index (χ0n) is 14.5. The fourth-order valence-corrected chi connectivity index (χ4v) is 3.00. The van der Waals surface area contributed by atoms with E-state index in [1.807, 2.05) is 17.5 Å². The van der Waals surface area contributed by atoms with Crippen molar-refractivity contribution in [3.05, 3.63) is 55.7 Å². The summed E-state index contributed by atoms with van der Waals surface area (Å²) in [6.45, 7) is 1.89. The summed E-state index contributed by atoms with van der Waals surface area (Å²) in [5, 5.41) is 15.9. The number of carbonyl (C=O) groups is 2. The van der Waals surface area contributed by atoms with Crippen LogP contribution in [0.5, 0.6) is 5.75 Å². The summed E-state index contributed by atoms with van der Waals surface area (Å²) in [6.07, 6.45) is 0. The molecule has 0 unspecified atom stereocenters. The normalized spacial score (nSPS) is 10.3. The van der Waals surface area contributed by atoms with Crippen LogP contribution in [0.25, 0.3) is 0 Å². The van der Waals surface area contributed by atoms with Gasteiger partial charge < -0.3 is 15.0 Å². The molecule has 0 spiro atoms. The van der Waals surface area contributed by atoms with Gasteiger partial charge in [-0.3, -0.25) is 19.7 Å². The standard InChI is InChI=1S/C17H18ClN3O5S/c1-2-20(10-16(22)19-9-13-4-3-7-27-13)17(23)11-26-15-6-5-12(18)8-14(15)21(24)25/h3-8H,2,9-11H2,1H3,(H,19,22). The third-order valence-corrected chi connectivity index (χ3v) is 4.69. The van der Waals surface area contributed by atoms with Gasteiger partial charge in [0.15, 0.2) is 12.4 Å². The number of rotatable bonds is 9. The monoisotopic (exact) mass is 411 g/mol. The molecule has 2 rings (SSSR count). The minimum atomic E-state index is -0.638. The van der Waals surface area contributed by atoms with Crippen molar-refractivity contribution >= 4 is 40.4 Å². The predicted molar refractivity (Wildman–Crippen MR) is 102 cm³/mol. The Morgan fingerprint density at radius 3 is 2.78 bits per heavy atom. The minimum Gasteiger partial charge on any atom is -0.477 e. The van der Waals surface area contributed by atoms with Gasteiger partial charge in [0.2, 0.25) is 5.91 Å². The Hall–Kier alpha value is -2.65. The van der Waals surface area contributed by atoms with Crippen molar-refractivity contribution in [2.24, 2.45) is 0 Å². The van der Waals surface area contributed by atoms with Crippen LogP contribution in [-0.2, 0) is 16.1 Å². The van der Waals surface area contributed by atoms with Crippen LogP contribution in [-0.4, -0.2) is 41.3 Å². The number of nitro benzene ring substituents is 1. The van der Waals surface area contributed by atoms with Crippen molar-refractivity contribution in [2.45, 2.75) is 13.5 Å². The molecule has 1 aromatic heterocycles. The smallest absolute Gasteiger partial charge is 0.312 e. The average Bonchev–Trinajstić information content (AvgIpc) is 3.16. The van der Waals surface area contributed by atoms with E-state index in [0.717, 1.165) is 10.9 Å². The van der Waals surface area contributed by atoms with Crippen LogP contribution < -0.4 is 10.1 Å². The largest absolute Gasteiger partial charge is 0.477 e. The first-order valence-corrected chi connectivity index (χ1v) is 9.30. The second-order valence-corrected chi connectivity index (χ2v) is 6.89. The molecular formula is C17H18ClN3O5S. The molecule has 0 radical (unpaired) electrons. The second-order valence-electron chi connectivity index (χ2n) is 5.42. The van der Waals surface area contributed by atoms with Gasteiger partial charge in [-0.25, -0.2) is 0 Å². The van der Waals surface area contributed by atoms with Gasteiger partial charge in [-0.15, -0.1) is 11.3 Å². The van der Waals surface area contributed by atoms with Gasteiger partial charge in [0.1, 0.15) is 0 Å². The number of carbonyl (C=O) groups excluding carboxylic acids is 2. The van der Waals surface area contributed by atoms with Crippen LogP contribution in [0.2, 0.25) is 5.02 Å². The second kappa shape index (κ2) is 9.89. The molecule has 0 aliphatic carbocycles. The van der Waals surface area contributed by atoms with Gasteiger partial charge in [0.05, 0.1) is 18.0 Å². The van der Waals surface area contributed by atoms with Gasteiger partial charge in [-0.2, -0.15) is 0 Å². The van der Waals surface area contributed by atoms with E-state index < -0.39 is 17.4 Å². The summed E-state index contributed by atoms with van der Waals surface area (Å²) in [5.74, 6) is -0.806. The van der Waals surface area contributed by atoms with Crippen molar-refractivity contribution in [2.75, 3.05) is 19.7 Å². The molecule has 8 nitrogen and oxygen atoms in total. The first-order chi connectivity index (χ1) is 12.9. The van der Waals surface area contributed by atoms with E-state index in [1.54, 1.807) is 6.92 Å². The number of ether oxygens (including phenoxy) is 1. The van der Waals surface area contributed by atoms with Crippen LogP contribution in [0.4, 0.5) is 5.69 Å². The lowest BCUT2D eigenvalue weighted by Gasteiger charge is -2.20. The number of halogens is 1. The molecule has 0 saturated carbocycles. The fraction of sp³-hybridized carbons (Fsp3) is 0.294. The highest BCUT2D eigenvalue weighted by atomic mass is 35.5. The lowest BCUT2D eigenvalue weighted by Crippen LogP contribution is -2.42. The maximum absolute atomic E-state index is 12.3. The predicted octanol–water partition coefficient (Wildman–Crippen LogP) is 2.85. The molecule has 2 amide bonds. The van der Waals surface area contributed by atoms with Gasteiger partial charge >= 0.3 is 5.69 Å². The van der Waals surface area contributed by atoms with Crippen LogP contribution in [0.3, 0.4) is 0 Å². The number of benzene rings is 1. The van der Waals surface area contributed by atoms with Crippen molar-refractivity contribution in [1.29, 1.82) is 0 Å². The Bertz CT molecular complexity index is 813. The van der Waals surface area contributed by atoms with E-state index in [2.05, 4.69) is 5.32 Å². The van der Waals surface area contributed by atoms with E-state index >= 15 is 0 Å². The number of hydrogen-bond donors (Lipinski definition) is 1. The molecule has 0 saturated heterocycles. The molecule has 1 aromatic carbocycles. The highest BCUT2D eigenvalue weighted by Crippen LogP contribution is 2.29. The van der Waals surface area contributed by atoms with Crippen molar-refractivity contribution in [3.63, 3.8) is 0 Å². The lowest BCUT2D eigenvalue weighted by molar-refractivity contribution is -0.385. The third-order valence-electron chi connectivity index (χ3n) is 3.58. The van der Waals surface area contributed by atoms with Crippen LogP contribution in [0.15, 0.2) is 35.7 Å². The molecule has 0 bridgehead atoms. The number of hydrogen-bond acceptors (Lipinski definition) is 6. The molecule has 2 aromatic rings. The Balaban J connectivity index is 1.89. The SMILES string of the molecule is CCN(CC(=O)NCc1cccs1)C(=O)COc1ccc(Cl)cc1[N+](=O)[O-]. The number of amides is 2. The van der Waals surface area contributed by atoms with Crippen molar-refractivity contribution in [3.8, 4) is 5.75 Å². The average molecular weight is 412 g/mol. The highest BCUT2D eigenvalue weighted by Gasteiger charge is 2.20. The zero-order chi connectivity index (χ0) is 19.8. The summed E-state index contributed by atoms with van der Waals surface area (Å²) in [6, 6.07) is 7.71. The molecule has 1 N–H and O–H groups in total. The first-order valence-electron chi connectivity index (χ1n) is 8.04. The van der Waals surface area contributed by atoms with Gasteiger partial charge in [-0.05, 0) is 30.5 Å². The van der Waals surface area contributed by atoms with E-state index in [0.29, 0.717) is 13.1 Å². The summed E-state index contributed by atoms with van der Waals surface area (Å²) < 4.78 is 5.28. The third kappa shape index (κ3) is 6.22. The highest BCUT2D eigenvalue weighted by molar-refractivity contribution is 7.09. The number of nitro groups is 1. The molecule has 1 heterocycles. The fourth-order valence-electron chi connectivity index (χ4n) is 2.19. The molecule has 0 aliphatic heterocycles. The Labute approximate surface area is 164 Å². The molecule has 0 aliphatic rings.